The molecular weight excluding hydrogens is 342 g/mol. The summed E-state index contributed by atoms with van der Waals surface area (Å²) < 4.78 is 6.10. The fourth-order valence-electron chi connectivity index (χ4n) is 3.26. The molecule has 0 saturated heterocycles. The van der Waals surface area contributed by atoms with Gasteiger partial charge >= 0.3 is 0 Å². The number of carbonyl (C=O) groups is 1. The molecule has 2 atom stereocenters. The van der Waals surface area contributed by atoms with Gasteiger partial charge in [-0.05, 0) is 39.3 Å². The van der Waals surface area contributed by atoms with Crippen LogP contribution in [-0.2, 0) is 10.5 Å². The Morgan fingerprint density at radius 1 is 1.27 bits per heavy atom. The minimum absolute atomic E-state index is 0.0130. The first-order valence-corrected chi connectivity index (χ1v) is 10.1. The van der Waals surface area contributed by atoms with E-state index < -0.39 is 0 Å². The lowest BCUT2D eigenvalue weighted by atomic mass is 9.89. The van der Waals surface area contributed by atoms with Crippen LogP contribution in [0, 0.1) is 6.92 Å². The molecule has 0 aromatic heterocycles. The van der Waals surface area contributed by atoms with E-state index in [-0.39, 0.29) is 22.8 Å². The third kappa shape index (κ3) is 4.61. The van der Waals surface area contributed by atoms with Crippen molar-refractivity contribution in [2.75, 3.05) is 0 Å². The zero-order valence-electron chi connectivity index (χ0n) is 15.9. The lowest BCUT2D eigenvalue weighted by Crippen LogP contribution is -2.43. The Balaban J connectivity index is 1.67. The SMILES string of the molecule is Cc1ccc2c(c1)[C@H](NC(=O)[C@H](C)SCc1ccccc1)CC(C)(C)O2. The number of amides is 1. The van der Waals surface area contributed by atoms with E-state index in [9.17, 15) is 4.79 Å². The molecule has 0 saturated carbocycles. The minimum atomic E-state index is -0.291. The number of hydrogen-bond acceptors (Lipinski definition) is 3. The summed E-state index contributed by atoms with van der Waals surface area (Å²) in [7, 11) is 0. The van der Waals surface area contributed by atoms with Crippen molar-refractivity contribution >= 4 is 17.7 Å². The van der Waals surface area contributed by atoms with Crippen LogP contribution in [0.15, 0.2) is 48.5 Å². The summed E-state index contributed by atoms with van der Waals surface area (Å²) >= 11 is 1.67. The van der Waals surface area contributed by atoms with E-state index in [0.29, 0.717) is 0 Å². The van der Waals surface area contributed by atoms with E-state index in [1.165, 1.54) is 11.1 Å². The van der Waals surface area contributed by atoms with Gasteiger partial charge in [-0.2, -0.15) is 0 Å². The number of thioether (sulfide) groups is 1. The van der Waals surface area contributed by atoms with Crippen molar-refractivity contribution < 1.29 is 9.53 Å². The van der Waals surface area contributed by atoms with E-state index in [4.69, 9.17) is 4.74 Å². The summed E-state index contributed by atoms with van der Waals surface area (Å²) in [6.45, 7) is 8.19. The van der Waals surface area contributed by atoms with Crippen molar-refractivity contribution in [3.8, 4) is 5.75 Å². The van der Waals surface area contributed by atoms with E-state index in [2.05, 4.69) is 50.4 Å². The third-order valence-corrected chi connectivity index (χ3v) is 5.87. The summed E-state index contributed by atoms with van der Waals surface area (Å²) in [6, 6.07) is 16.4. The molecule has 0 unspecified atom stereocenters. The van der Waals surface area contributed by atoms with Gasteiger partial charge in [0.05, 0.1) is 11.3 Å². The first kappa shape index (κ1) is 18.8. The molecule has 2 aromatic carbocycles. The molecule has 1 aliphatic rings. The normalized spacial score (nSPS) is 19.2. The molecule has 3 rings (SSSR count). The number of carbonyl (C=O) groups excluding carboxylic acids is 1. The molecule has 1 heterocycles. The summed E-state index contributed by atoms with van der Waals surface area (Å²) in [6.07, 6.45) is 0.769. The molecule has 0 spiro atoms. The molecule has 0 radical (unpaired) electrons. The highest BCUT2D eigenvalue weighted by Crippen LogP contribution is 2.40. The van der Waals surface area contributed by atoms with Gasteiger partial charge in [0.15, 0.2) is 0 Å². The van der Waals surface area contributed by atoms with Crippen molar-refractivity contribution in [2.45, 2.75) is 56.8 Å². The summed E-state index contributed by atoms with van der Waals surface area (Å²) in [5.41, 5.74) is 3.21. The van der Waals surface area contributed by atoms with Gasteiger partial charge in [0.2, 0.25) is 5.91 Å². The standard InChI is InChI=1S/C22H27NO2S/c1-15-10-11-20-18(12-15)19(13-22(3,4)25-20)23-21(24)16(2)26-14-17-8-6-5-7-9-17/h5-12,16,19H,13-14H2,1-4H3,(H,23,24)/t16-,19+/m0/s1. The molecule has 0 aliphatic carbocycles. The number of hydrogen-bond donors (Lipinski definition) is 1. The molecule has 4 heteroatoms. The van der Waals surface area contributed by atoms with Crippen LogP contribution >= 0.6 is 11.8 Å². The Hall–Kier alpha value is -1.94. The van der Waals surface area contributed by atoms with Crippen molar-refractivity contribution in [1.29, 1.82) is 0 Å². The second-order valence-electron chi connectivity index (χ2n) is 7.61. The van der Waals surface area contributed by atoms with Gasteiger partial charge in [0.25, 0.3) is 0 Å². The monoisotopic (exact) mass is 369 g/mol. The number of fused-ring (bicyclic) bond motifs is 1. The Bertz CT molecular complexity index is 773. The Labute approximate surface area is 160 Å². The molecule has 1 aliphatic heterocycles. The van der Waals surface area contributed by atoms with Crippen LogP contribution in [-0.4, -0.2) is 16.8 Å². The molecule has 1 N–H and O–H groups in total. The van der Waals surface area contributed by atoms with Crippen LogP contribution in [0.4, 0.5) is 0 Å². The summed E-state index contributed by atoms with van der Waals surface area (Å²) in [5, 5.41) is 3.15. The quantitative estimate of drug-likeness (QED) is 0.803. The average Bonchev–Trinajstić information content (AvgIpc) is 2.60. The van der Waals surface area contributed by atoms with Gasteiger partial charge in [-0.1, -0.05) is 48.0 Å². The highest BCUT2D eigenvalue weighted by molar-refractivity contribution is 7.99. The molecule has 3 nitrogen and oxygen atoms in total. The van der Waals surface area contributed by atoms with Gasteiger partial charge in [-0.15, -0.1) is 11.8 Å². The first-order chi connectivity index (χ1) is 12.3. The molecule has 138 valence electrons. The molecule has 1 amide bonds. The fraction of sp³-hybridized carbons (Fsp3) is 0.409. The molecule has 2 aromatic rings. The predicted octanol–water partition coefficient (Wildman–Crippen LogP) is 5.04. The van der Waals surface area contributed by atoms with E-state index in [1.807, 2.05) is 31.2 Å². The maximum Gasteiger partial charge on any atom is 0.233 e. The van der Waals surface area contributed by atoms with Gasteiger partial charge in [0, 0.05) is 17.7 Å². The van der Waals surface area contributed by atoms with Gasteiger partial charge in [0.1, 0.15) is 11.4 Å². The number of aryl methyl sites for hydroxylation is 1. The maximum absolute atomic E-state index is 12.8. The smallest absolute Gasteiger partial charge is 0.233 e. The highest BCUT2D eigenvalue weighted by Gasteiger charge is 2.35. The Morgan fingerprint density at radius 3 is 2.73 bits per heavy atom. The highest BCUT2D eigenvalue weighted by atomic mass is 32.2. The second kappa shape index (κ2) is 7.75. The van der Waals surface area contributed by atoms with Crippen LogP contribution in [0.25, 0.3) is 0 Å². The van der Waals surface area contributed by atoms with Gasteiger partial charge < -0.3 is 10.1 Å². The number of ether oxygens (including phenoxy) is 1. The van der Waals surface area contributed by atoms with Crippen LogP contribution in [0.2, 0.25) is 0 Å². The average molecular weight is 370 g/mol. The van der Waals surface area contributed by atoms with Gasteiger partial charge in [-0.25, -0.2) is 0 Å². The van der Waals surface area contributed by atoms with Gasteiger partial charge in [-0.3, -0.25) is 4.79 Å². The van der Waals surface area contributed by atoms with Crippen molar-refractivity contribution in [1.82, 2.24) is 5.32 Å². The summed E-state index contributed by atoms with van der Waals surface area (Å²) in [4.78, 5) is 12.8. The van der Waals surface area contributed by atoms with Crippen LogP contribution < -0.4 is 10.1 Å². The second-order valence-corrected chi connectivity index (χ2v) is 8.94. The van der Waals surface area contributed by atoms with Crippen LogP contribution in [0.3, 0.4) is 0 Å². The lowest BCUT2D eigenvalue weighted by Gasteiger charge is -2.38. The van der Waals surface area contributed by atoms with Crippen molar-refractivity contribution in [2.24, 2.45) is 0 Å². The van der Waals surface area contributed by atoms with Crippen LogP contribution in [0.5, 0.6) is 5.75 Å². The van der Waals surface area contributed by atoms with Crippen molar-refractivity contribution in [3.63, 3.8) is 0 Å². The fourth-order valence-corrected chi connectivity index (χ4v) is 4.12. The van der Waals surface area contributed by atoms with E-state index >= 15 is 0 Å². The van der Waals surface area contributed by atoms with Crippen molar-refractivity contribution in [3.05, 3.63) is 65.2 Å². The van der Waals surface area contributed by atoms with Crippen LogP contribution in [0.1, 0.15) is 49.9 Å². The molecule has 0 fully saturated rings. The molecule has 0 bridgehead atoms. The Kier molecular flexibility index (Phi) is 5.61. The Morgan fingerprint density at radius 2 is 2.00 bits per heavy atom. The summed E-state index contributed by atoms with van der Waals surface area (Å²) in [5.74, 6) is 1.80. The number of nitrogens with one attached hydrogen (secondary N) is 1. The van der Waals surface area contributed by atoms with E-state index in [0.717, 1.165) is 23.5 Å². The number of rotatable bonds is 5. The predicted molar refractivity (Wildman–Crippen MR) is 109 cm³/mol. The van der Waals surface area contributed by atoms with E-state index in [1.54, 1.807) is 11.8 Å². The zero-order valence-corrected chi connectivity index (χ0v) is 16.7. The maximum atomic E-state index is 12.8. The number of benzene rings is 2. The largest absolute Gasteiger partial charge is 0.487 e. The minimum Gasteiger partial charge on any atom is -0.487 e. The molecule has 26 heavy (non-hydrogen) atoms. The lowest BCUT2D eigenvalue weighted by molar-refractivity contribution is -0.121. The molecular formula is C22H27NO2S. The third-order valence-electron chi connectivity index (χ3n) is 4.65. The topological polar surface area (TPSA) is 38.3 Å². The zero-order chi connectivity index (χ0) is 18.7. The first-order valence-electron chi connectivity index (χ1n) is 9.09.